The molecule has 0 aliphatic heterocycles. The zero-order valence-corrected chi connectivity index (χ0v) is 12.9. The summed E-state index contributed by atoms with van der Waals surface area (Å²) in [5, 5.41) is 3.37. The topological polar surface area (TPSA) is 46.2 Å². The van der Waals surface area contributed by atoms with Crippen LogP contribution in [0.1, 0.15) is 39.0 Å². The summed E-state index contributed by atoms with van der Waals surface area (Å²) < 4.78 is 47.6. The van der Waals surface area contributed by atoms with E-state index in [0.29, 0.717) is 6.04 Å². The molecule has 0 radical (unpaired) electrons. The fourth-order valence-corrected chi connectivity index (χ4v) is 3.43. The van der Waals surface area contributed by atoms with E-state index in [-0.39, 0.29) is 4.90 Å². The molecular formula is C15H21F2NO2S. The van der Waals surface area contributed by atoms with Gasteiger partial charge in [0.2, 0.25) is 9.84 Å². The van der Waals surface area contributed by atoms with E-state index in [1.54, 1.807) is 12.1 Å². The molecule has 0 aromatic heterocycles. The molecule has 1 saturated carbocycles. The SMILES string of the molecule is CC1CCCC(Nc2ccc(S(=O)(=O)C(F)F)cc2)CC1. The summed E-state index contributed by atoms with van der Waals surface area (Å²) in [5.41, 5.74) is 0.780. The van der Waals surface area contributed by atoms with E-state index >= 15 is 0 Å². The number of alkyl halides is 2. The summed E-state index contributed by atoms with van der Waals surface area (Å²) in [6.45, 7) is 2.26. The van der Waals surface area contributed by atoms with Crippen LogP contribution >= 0.6 is 0 Å². The third kappa shape index (κ3) is 4.15. The van der Waals surface area contributed by atoms with Crippen LogP contribution in [0.3, 0.4) is 0 Å². The summed E-state index contributed by atoms with van der Waals surface area (Å²) in [6, 6.07) is 5.96. The van der Waals surface area contributed by atoms with Gasteiger partial charge in [0.25, 0.3) is 0 Å². The molecule has 1 aromatic carbocycles. The molecule has 0 spiro atoms. The molecule has 0 bridgehead atoms. The smallest absolute Gasteiger partial charge is 0.341 e. The normalized spacial score (nSPS) is 23.8. The van der Waals surface area contributed by atoms with Gasteiger partial charge < -0.3 is 5.32 Å². The van der Waals surface area contributed by atoms with Crippen LogP contribution in [-0.2, 0) is 9.84 Å². The van der Waals surface area contributed by atoms with E-state index in [2.05, 4.69) is 12.2 Å². The van der Waals surface area contributed by atoms with E-state index in [1.165, 1.54) is 31.4 Å². The standard InChI is InChI=1S/C15H21F2NO2S/c1-11-3-2-4-12(6-5-11)18-13-7-9-14(10-8-13)21(19,20)15(16)17/h7-12,15,18H,2-6H2,1H3. The van der Waals surface area contributed by atoms with Gasteiger partial charge in [0.15, 0.2) is 0 Å². The second kappa shape index (κ2) is 6.73. The van der Waals surface area contributed by atoms with E-state index in [0.717, 1.165) is 24.4 Å². The summed E-state index contributed by atoms with van der Waals surface area (Å²) in [5.74, 6) is -2.63. The number of hydrogen-bond acceptors (Lipinski definition) is 3. The van der Waals surface area contributed by atoms with Crippen LogP contribution in [0.15, 0.2) is 29.2 Å². The number of rotatable bonds is 4. The van der Waals surface area contributed by atoms with Crippen molar-refractivity contribution in [1.82, 2.24) is 0 Å². The van der Waals surface area contributed by atoms with Crippen molar-refractivity contribution in [3.63, 3.8) is 0 Å². The van der Waals surface area contributed by atoms with E-state index in [1.807, 2.05) is 0 Å². The molecule has 2 unspecified atom stereocenters. The lowest BCUT2D eigenvalue weighted by molar-refractivity contribution is 0.234. The second-order valence-electron chi connectivity index (χ2n) is 5.78. The van der Waals surface area contributed by atoms with Gasteiger partial charge in [-0.05, 0) is 49.4 Å². The highest BCUT2D eigenvalue weighted by Gasteiger charge is 2.26. The Morgan fingerprint density at radius 3 is 2.38 bits per heavy atom. The predicted molar refractivity (Wildman–Crippen MR) is 79.3 cm³/mol. The molecule has 0 amide bonds. The predicted octanol–water partition coefficient (Wildman–Crippen LogP) is 4.06. The number of halogens is 2. The first kappa shape index (κ1) is 16.2. The van der Waals surface area contributed by atoms with Crippen LogP contribution in [0.25, 0.3) is 0 Å². The summed E-state index contributed by atoms with van der Waals surface area (Å²) in [6.07, 6.45) is 5.76. The fraction of sp³-hybridized carbons (Fsp3) is 0.600. The van der Waals surface area contributed by atoms with E-state index < -0.39 is 15.6 Å². The molecule has 6 heteroatoms. The van der Waals surface area contributed by atoms with E-state index in [9.17, 15) is 17.2 Å². The largest absolute Gasteiger partial charge is 0.382 e. The van der Waals surface area contributed by atoms with Crippen LogP contribution in [0.5, 0.6) is 0 Å². The lowest BCUT2D eigenvalue weighted by Gasteiger charge is -2.18. The van der Waals surface area contributed by atoms with Crippen molar-refractivity contribution in [3.05, 3.63) is 24.3 Å². The minimum atomic E-state index is -4.50. The van der Waals surface area contributed by atoms with Crippen molar-refractivity contribution in [2.75, 3.05) is 5.32 Å². The molecule has 21 heavy (non-hydrogen) atoms. The monoisotopic (exact) mass is 317 g/mol. The third-order valence-corrected chi connectivity index (χ3v) is 5.44. The van der Waals surface area contributed by atoms with Crippen LogP contribution < -0.4 is 5.32 Å². The number of benzene rings is 1. The molecule has 118 valence electrons. The van der Waals surface area contributed by atoms with Crippen molar-refractivity contribution in [2.45, 2.75) is 55.7 Å². The lowest BCUT2D eigenvalue weighted by atomic mass is 10.0. The molecule has 1 fully saturated rings. The van der Waals surface area contributed by atoms with Crippen molar-refractivity contribution >= 4 is 15.5 Å². The molecule has 1 aliphatic rings. The van der Waals surface area contributed by atoms with Gasteiger partial charge in [-0.1, -0.05) is 19.8 Å². The second-order valence-corrected chi connectivity index (χ2v) is 7.70. The maximum absolute atomic E-state index is 12.4. The molecule has 0 heterocycles. The highest BCUT2D eigenvalue weighted by Crippen LogP contribution is 2.26. The zero-order valence-electron chi connectivity index (χ0n) is 12.1. The fourth-order valence-electron chi connectivity index (χ4n) is 2.71. The average Bonchev–Trinajstić information content (AvgIpc) is 2.64. The molecule has 1 aliphatic carbocycles. The number of nitrogens with one attached hydrogen (secondary N) is 1. The summed E-state index contributed by atoms with van der Waals surface area (Å²) >= 11 is 0. The summed E-state index contributed by atoms with van der Waals surface area (Å²) in [7, 11) is -4.50. The Bertz CT molecular complexity index is 558. The van der Waals surface area contributed by atoms with Gasteiger partial charge in [0.05, 0.1) is 4.90 Å². The Balaban J connectivity index is 2.03. The first-order chi connectivity index (χ1) is 9.89. The van der Waals surface area contributed by atoms with Gasteiger partial charge in [0.1, 0.15) is 0 Å². The van der Waals surface area contributed by atoms with Crippen molar-refractivity contribution in [3.8, 4) is 0 Å². The molecule has 2 atom stereocenters. The third-order valence-electron chi connectivity index (χ3n) is 4.05. The van der Waals surface area contributed by atoms with Gasteiger partial charge in [0, 0.05) is 11.7 Å². The lowest BCUT2D eigenvalue weighted by Crippen LogP contribution is -2.18. The van der Waals surface area contributed by atoms with Crippen LogP contribution in [0.4, 0.5) is 14.5 Å². The van der Waals surface area contributed by atoms with Gasteiger partial charge >= 0.3 is 5.76 Å². The first-order valence-electron chi connectivity index (χ1n) is 7.28. The molecular weight excluding hydrogens is 296 g/mol. The van der Waals surface area contributed by atoms with Gasteiger partial charge in [-0.2, -0.15) is 8.78 Å². The van der Waals surface area contributed by atoms with Crippen LogP contribution in [0.2, 0.25) is 0 Å². The molecule has 3 nitrogen and oxygen atoms in total. The number of anilines is 1. The Kier molecular flexibility index (Phi) is 5.19. The highest BCUT2D eigenvalue weighted by molar-refractivity contribution is 7.91. The Labute approximate surface area is 124 Å². The van der Waals surface area contributed by atoms with Crippen LogP contribution in [0, 0.1) is 5.92 Å². The number of sulfone groups is 1. The molecule has 2 rings (SSSR count). The van der Waals surface area contributed by atoms with Crippen molar-refractivity contribution in [1.29, 1.82) is 0 Å². The van der Waals surface area contributed by atoms with Gasteiger partial charge in [-0.15, -0.1) is 0 Å². The van der Waals surface area contributed by atoms with Gasteiger partial charge in [-0.3, -0.25) is 0 Å². The maximum Gasteiger partial charge on any atom is 0.341 e. The van der Waals surface area contributed by atoms with Gasteiger partial charge in [-0.25, -0.2) is 8.42 Å². The molecule has 0 saturated heterocycles. The minimum absolute atomic E-state index is 0.336. The highest BCUT2D eigenvalue weighted by atomic mass is 32.2. The first-order valence-corrected chi connectivity index (χ1v) is 8.83. The minimum Gasteiger partial charge on any atom is -0.382 e. The summed E-state index contributed by atoms with van der Waals surface area (Å²) in [4.78, 5) is -0.336. The Morgan fingerprint density at radius 1 is 1.10 bits per heavy atom. The quantitative estimate of drug-likeness (QED) is 0.852. The average molecular weight is 317 g/mol. The molecule has 1 N–H and O–H groups in total. The van der Waals surface area contributed by atoms with E-state index in [4.69, 9.17) is 0 Å². The Morgan fingerprint density at radius 2 is 1.76 bits per heavy atom. The van der Waals surface area contributed by atoms with Crippen LogP contribution in [-0.4, -0.2) is 20.2 Å². The van der Waals surface area contributed by atoms with Crippen molar-refractivity contribution < 1.29 is 17.2 Å². The Hall–Kier alpha value is -1.17. The zero-order chi connectivity index (χ0) is 15.5. The molecule has 1 aromatic rings. The number of hydrogen-bond donors (Lipinski definition) is 1. The van der Waals surface area contributed by atoms with Crippen molar-refractivity contribution in [2.24, 2.45) is 5.92 Å². The maximum atomic E-state index is 12.4.